The molecule has 102 valence electrons. The minimum atomic E-state index is 0.362. The first-order valence-corrected chi connectivity index (χ1v) is 7.09. The lowest BCUT2D eigenvalue weighted by molar-refractivity contribution is 0.0834. The Labute approximate surface area is 120 Å². The van der Waals surface area contributed by atoms with Gasteiger partial charge >= 0.3 is 0 Å². The largest absolute Gasteiger partial charge is 0.381 e. The smallest absolute Gasteiger partial charge is 0.199 e. The highest BCUT2D eigenvalue weighted by molar-refractivity contribution is 6.32. The van der Waals surface area contributed by atoms with Crippen LogP contribution in [0.15, 0.2) is 24.3 Å². The van der Waals surface area contributed by atoms with Crippen LogP contribution in [0.1, 0.15) is 24.6 Å². The van der Waals surface area contributed by atoms with E-state index in [-0.39, 0.29) is 0 Å². The van der Waals surface area contributed by atoms with Crippen molar-refractivity contribution < 1.29 is 4.74 Å². The van der Waals surface area contributed by atoms with Crippen LogP contribution in [-0.4, -0.2) is 32.8 Å². The van der Waals surface area contributed by atoms with E-state index in [2.05, 4.69) is 15.2 Å². The number of hydrogen-bond acceptors (Lipinski definition) is 4. The number of aromatic nitrogens is 4. The molecule has 0 N–H and O–H groups in total. The summed E-state index contributed by atoms with van der Waals surface area (Å²) >= 11 is 6.23. The number of halogens is 1. The molecule has 6 heteroatoms. The summed E-state index contributed by atoms with van der Waals surface area (Å²) < 4.78 is 7.47. The molecular weight excluding hydrogens is 276 g/mol. The Morgan fingerprint density at radius 2 is 1.95 bits per heavy atom. The Hall–Kier alpha value is -1.72. The first-order chi connectivity index (χ1) is 9.84. The van der Waals surface area contributed by atoms with Crippen molar-refractivity contribution in [2.75, 3.05) is 13.2 Å². The lowest BCUT2D eigenvalue weighted by Gasteiger charge is -2.20. The van der Waals surface area contributed by atoms with E-state index in [1.165, 1.54) is 0 Å². The summed E-state index contributed by atoms with van der Waals surface area (Å²) in [7, 11) is 0. The zero-order valence-electron chi connectivity index (χ0n) is 10.8. The van der Waals surface area contributed by atoms with E-state index < -0.39 is 0 Å². The molecule has 0 amide bonds. The Kier molecular flexibility index (Phi) is 2.82. The second kappa shape index (κ2) is 4.68. The van der Waals surface area contributed by atoms with E-state index in [9.17, 15) is 0 Å². The number of ether oxygens (including phenoxy) is 1. The minimum Gasteiger partial charge on any atom is -0.381 e. The quantitative estimate of drug-likeness (QED) is 0.691. The predicted octanol–water partition coefficient (Wildman–Crippen LogP) is 2.82. The van der Waals surface area contributed by atoms with Crippen LogP contribution in [0.3, 0.4) is 0 Å². The van der Waals surface area contributed by atoms with Gasteiger partial charge in [0.1, 0.15) is 5.82 Å². The molecule has 0 bridgehead atoms. The van der Waals surface area contributed by atoms with Gasteiger partial charge < -0.3 is 4.74 Å². The zero-order chi connectivity index (χ0) is 13.5. The molecule has 5 nitrogen and oxygen atoms in total. The minimum absolute atomic E-state index is 0.362. The normalized spacial score (nSPS) is 17.1. The third-order valence-corrected chi connectivity index (χ3v) is 4.05. The molecule has 0 saturated carbocycles. The van der Waals surface area contributed by atoms with Crippen LogP contribution in [0.25, 0.3) is 16.7 Å². The van der Waals surface area contributed by atoms with E-state index in [0.717, 1.165) is 42.9 Å². The van der Waals surface area contributed by atoms with Crippen LogP contribution in [0.4, 0.5) is 0 Å². The van der Waals surface area contributed by atoms with Gasteiger partial charge in [0.2, 0.25) is 0 Å². The molecule has 1 saturated heterocycles. The number of rotatable bonds is 1. The molecule has 0 unspecified atom stereocenters. The summed E-state index contributed by atoms with van der Waals surface area (Å²) in [6, 6.07) is 7.92. The maximum Gasteiger partial charge on any atom is 0.199 e. The van der Waals surface area contributed by atoms with E-state index in [0.29, 0.717) is 16.7 Å². The molecule has 0 radical (unpaired) electrons. The van der Waals surface area contributed by atoms with Crippen molar-refractivity contribution in [2.24, 2.45) is 0 Å². The number of para-hydroxylation sites is 2. The number of nitrogens with zero attached hydrogens (tertiary/aromatic N) is 4. The Morgan fingerprint density at radius 3 is 2.80 bits per heavy atom. The number of hydrogen-bond donors (Lipinski definition) is 0. The van der Waals surface area contributed by atoms with Crippen molar-refractivity contribution in [3.8, 4) is 0 Å². The first-order valence-electron chi connectivity index (χ1n) is 6.71. The third kappa shape index (κ3) is 1.77. The summed E-state index contributed by atoms with van der Waals surface area (Å²) in [4.78, 5) is 4.38. The van der Waals surface area contributed by atoms with E-state index in [1.54, 1.807) is 0 Å². The van der Waals surface area contributed by atoms with E-state index in [1.807, 2.05) is 28.7 Å². The van der Waals surface area contributed by atoms with Crippen molar-refractivity contribution in [1.29, 1.82) is 0 Å². The molecule has 4 rings (SSSR count). The summed E-state index contributed by atoms with van der Waals surface area (Å²) in [6.45, 7) is 1.55. The molecule has 1 aliphatic heterocycles. The monoisotopic (exact) mass is 288 g/mol. The highest BCUT2D eigenvalue weighted by Gasteiger charge is 2.23. The van der Waals surface area contributed by atoms with Crippen LogP contribution in [0.2, 0.25) is 5.15 Å². The van der Waals surface area contributed by atoms with Crippen molar-refractivity contribution in [1.82, 2.24) is 19.6 Å². The average Bonchev–Trinajstić information content (AvgIpc) is 2.94. The Bertz CT molecular complexity index is 779. The third-order valence-electron chi connectivity index (χ3n) is 3.80. The van der Waals surface area contributed by atoms with Gasteiger partial charge in [0.05, 0.1) is 11.0 Å². The Balaban J connectivity index is 2.02. The fraction of sp³-hybridized carbons (Fsp3) is 0.357. The highest BCUT2D eigenvalue weighted by Crippen LogP contribution is 2.29. The average molecular weight is 289 g/mol. The van der Waals surface area contributed by atoms with Crippen LogP contribution in [0.5, 0.6) is 0 Å². The molecule has 20 heavy (non-hydrogen) atoms. The summed E-state index contributed by atoms with van der Waals surface area (Å²) in [6.07, 6.45) is 1.93. The Morgan fingerprint density at radius 1 is 1.15 bits per heavy atom. The van der Waals surface area contributed by atoms with Crippen LogP contribution in [-0.2, 0) is 4.74 Å². The van der Waals surface area contributed by atoms with Gasteiger partial charge in [0.15, 0.2) is 10.8 Å². The fourth-order valence-corrected chi connectivity index (χ4v) is 3.00. The molecule has 0 atom stereocenters. The van der Waals surface area contributed by atoms with Gasteiger partial charge in [-0.25, -0.2) is 4.98 Å². The van der Waals surface area contributed by atoms with Crippen molar-refractivity contribution in [3.05, 3.63) is 35.2 Å². The molecule has 1 aliphatic rings. The lowest BCUT2D eigenvalue weighted by atomic mass is 9.99. The maximum absolute atomic E-state index is 6.23. The molecule has 0 aliphatic carbocycles. The molecular formula is C14H13ClN4O. The second-order valence-corrected chi connectivity index (χ2v) is 5.35. The van der Waals surface area contributed by atoms with E-state index in [4.69, 9.17) is 16.3 Å². The van der Waals surface area contributed by atoms with E-state index >= 15 is 0 Å². The second-order valence-electron chi connectivity index (χ2n) is 5.00. The van der Waals surface area contributed by atoms with Crippen LogP contribution >= 0.6 is 11.6 Å². The summed E-state index contributed by atoms with van der Waals surface area (Å²) in [5.41, 5.74) is 2.49. The van der Waals surface area contributed by atoms with Gasteiger partial charge in [0, 0.05) is 19.1 Å². The molecule has 0 spiro atoms. The lowest BCUT2D eigenvalue weighted by Crippen LogP contribution is -2.16. The van der Waals surface area contributed by atoms with Gasteiger partial charge in [-0.1, -0.05) is 23.7 Å². The van der Waals surface area contributed by atoms with Gasteiger partial charge in [-0.2, -0.15) is 0 Å². The van der Waals surface area contributed by atoms with Crippen molar-refractivity contribution >= 4 is 28.3 Å². The SMILES string of the molecule is Clc1nc2ccccc2n2c(C3CCOCC3)nnc12. The molecule has 3 aromatic rings. The molecule has 2 aromatic heterocycles. The highest BCUT2D eigenvalue weighted by atomic mass is 35.5. The standard InChI is InChI=1S/C14H13ClN4O/c15-12-14-18-17-13(9-5-7-20-8-6-9)19(14)11-4-2-1-3-10(11)16-12/h1-4,9H,5-8H2. The first kappa shape index (κ1) is 12.1. The number of benzene rings is 1. The predicted molar refractivity (Wildman–Crippen MR) is 76.1 cm³/mol. The molecule has 1 fully saturated rings. The van der Waals surface area contributed by atoms with Gasteiger partial charge in [-0.15, -0.1) is 10.2 Å². The summed E-state index contributed by atoms with van der Waals surface area (Å²) in [5, 5.41) is 8.98. The van der Waals surface area contributed by atoms with Crippen molar-refractivity contribution in [2.45, 2.75) is 18.8 Å². The van der Waals surface area contributed by atoms with Gasteiger partial charge in [0.25, 0.3) is 0 Å². The molecule has 3 heterocycles. The van der Waals surface area contributed by atoms with Gasteiger partial charge in [-0.3, -0.25) is 4.40 Å². The van der Waals surface area contributed by atoms with Gasteiger partial charge in [-0.05, 0) is 25.0 Å². The van der Waals surface area contributed by atoms with Crippen LogP contribution in [0, 0.1) is 0 Å². The maximum atomic E-state index is 6.23. The fourth-order valence-electron chi connectivity index (χ4n) is 2.79. The summed E-state index contributed by atoms with van der Waals surface area (Å²) in [5.74, 6) is 1.32. The zero-order valence-corrected chi connectivity index (χ0v) is 11.5. The topological polar surface area (TPSA) is 52.3 Å². The number of fused-ring (bicyclic) bond motifs is 3. The molecule has 1 aromatic carbocycles. The van der Waals surface area contributed by atoms with Crippen LogP contribution < -0.4 is 0 Å². The van der Waals surface area contributed by atoms with Crippen molar-refractivity contribution in [3.63, 3.8) is 0 Å².